The van der Waals surface area contributed by atoms with E-state index in [1.54, 1.807) is 29.7 Å². The minimum atomic E-state index is -5.08. The van der Waals surface area contributed by atoms with Gasteiger partial charge in [0.1, 0.15) is 5.01 Å². The van der Waals surface area contributed by atoms with Crippen LogP contribution in [-0.2, 0) is 11.3 Å². The summed E-state index contributed by atoms with van der Waals surface area (Å²) >= 11 is 1.71. The fraction of sp³-hybridized carbons (Fsp3) is 0.526. The van der Waals surface area contributed by atoms with Crippen LogP contribution in [0.3, 0.4) is 0 Å². The van der Waals surface area contributed by atoms with E-state index in [1.807, 2.05) is 11.6 Å². The zero-order valence-corrected chi connectivity index (χ0v) is 16.9. The van der Waals surface area contributed by atoms with Gasteiger partial charge in [0.05, 0.1) is 12.8 Å². The molecule has 0 aliphatic carbocycles. The van der Waals surface area contributed by atoms with E-state index in [9.17, 15) is 18.0 Å². The zero-order valence-electron chi connectivity index (χ0n) is 16.1. The van der Waals surface area contributed by atoms with Crippen LogP contribution in [0.25, 0.3) is 0 Å². The smallest absolute Gasteiger partial charge is 0.475 e. The first-order valence-corrected chi connectivity index (χ1v) is 10.4. The molecule has 4 rings (SSSR count). The number of hydrogen-bond donors (Lipinski definition) is 1. The van der Waals surface area contributed by atoms with Gasteiger partial charge >= 0.3 is 12.1 Å². The molecule has 2 aliphatic rings. The lowest BCUT2D eigenvalue weighted by atomic mass is 9.84. The van der Waals surface area contributed by atoms with Crippen LogP contribution < -0.4 is 0 Å². The molecule has 0 unspecified atom stereocenters. The summed E-state index contributed by atoms with van der Waals surface area (Å²) < 4.78 is 37.1. The number of carboxylic acids is 1. The van der Waals surface area contributed by atoms with Gasteiger partial charge in [0.15, 0.2) is 5.76 Å². The summed E-state index contributed by atoms with van der Waals surface area (Å²) in [6.45, 7) is 3.84. The highest BCUT2D eigenvalue weighted by atomic mass is 32.1. The van der Waals surface area contributed by atoms with Crippen molar-refractivity contribution in [3.8, 4) is 0 Å². The first kappa shape index (κ1) is 22.3. The van der Waals surface area contributed by atoms with Crippen LogP contribution in [0.1, 0.15) is 41.2 Å². The van der Waals surface area contributed by atoms with Crippen molar-refractivity contribution in [1.82, 2.24) is 14.8 Å². The van der Waals surface area contributed by atoms with Gasteiger partial charge in [0, 0.05) is 36.8 Å². The third-order valence-electron chi connectivity index (χ3n) is 5.45. The van der Waals surface area contributed by atoms with Gasteiger partial charge in [-0.1, -0.05) is 0 Å². The standard InChI is InChI=1S/C17H21N3O2S.C2HF3O2/c21-16(14-3-1-11-22-14)20-8-2-4-17(20)5-9-19(10-6-17)13-15-18-7-12-23-15;3-2(4,5)1(6)7/h1,3,7,11-12H,2,4-6,8-10,13H2;(H,6,7). The summed E-state index contributed by atoms with van der Waals surface area (Å²) in [5, 5.41) is 10.3. The van der Waals surface area contributed by atoms with Crippen molar-refractivity contribution in [2.45, 2.75) is 43.9 Å². The van der Waals surface area contributed by atoms with Crippen molar-refractivity contribution in [2.24, 2.45) is 0 Å². The predicted molar refractivity (Wildman–Crippen MR) is 102 cm³/mol. The number of carbonyl (C=O) groups excluding carboxylic acids is 1. The van der Waals surface area contributed by atoms with E-state index in [0.29, 0.717) is 5.76 Å². The maximum absolute atomic E-state index is 12.7. The Morgan fingerprint density at radius 1 is 1.23 bits per heavy atom. The number of hydrogen-bond acceptors (Lipinski definition) is 6. The molecule has 1 spiro atoms. The Kier molecular flexibility index (Phi) is 6.81. The van der Waals surface area contributed by atoms with E-state index in [-0.39, 0.29) is 11.4 Å². The van der Waals surface area contributed by atoms with Crippen molar-refractivity contribution in [3.63, 3.8) is 0 Å². The second-order valence-electron chi connectivity index (χ2n) is 7.27. The van der Waals surface area contributed by atoms with E-state index >= 15 is 0 Å². The van der Waals surface area contributed by atoms with Crippen molar-refractivity contribution in [3.05, 3.63) is 40.7 Å². The largest absolute Gasteiger partial charge is 0.490 e. The van der Waals surface area contributed by atoms with E-state index in [0.717, 1.165) is 51.9 Å². The fourth-order valence-electron chi connectivity index (χ4n) is 3.96. The molecule has 2 fully saturated rings. The first-order chi connectivity index (χ1) is 14.2. The molecular formula is C19H22F3N3O4S. The van der Waals surface area contributed by atoms with Gasteiger partial charge < -0.3 is 14.4 Å². The molecular weight excluding hydrogens is 423 g/mol. The number of thiazole rings is 1. The fourth-order valence-corrected chi connectivity index (χ4v) is 4.62. The van der Waals surface area contributed by atoms with Gasteiger partial charge in [-0.05, 0) is 37.8 Å². The van der Waals surface area contributed by atoms with Crippen LogP contribution in [0.4, 0.5) is 13.2 Å². The molecule has 1 amide bonds. The Bertz CT molecular complexity index is 832. The number of aliphatic carboxylic acids is 1. The van der Waals surface area contributed by atoms with Crippen LogP contribution in [0.2, 0.25) is 0 Å². The maximum Gasteiger partial charge on any atom is 0.490 e. The zero-order chi connectivity index (χ0) is 21.8. The van der Waals surface area contributed by atoms with Crippen LogP contribution in [0, 0.1) is 0 Å². The van der Waals surface area contributed by atoms with Gasteiger partial charge in [-0.2, -0.15) is 13.2 Å². The highest BCUT2D eigenvalue weighted by molar-refractivity contribution is 7.09. The number of nitrogens with zero attached hydrogens (tertiary/aromatic N) is 3. The maximum atomic E-state index is 12.7. The number of aromatic nitrogens is 1. The Balaban J connectivity index is 0.000000318. The third kappa shape index (κ3) is 5.20. The Hall–Kier alpha value is -2.40. The average Bonchev–Trinajstić information content (AvgIpc) is 3.45. The Morgan fingerprint density at radius 3 is 2.47 bits per heavy atom. The molecule has 30 heavy (non-hydrogen) atoms. The van der Waals surface area contributed by atoms with Crippen LogP contribution in [-0.4, -0.2) is 63.1 Å². The molecule has 7 nitrogen and oxygen atoms in total. The van der Waals surface area contributed by atoms with Crippen molar-refractivity contribution < 1.29 is 32.3 Å². The summed E-state index contributed by atoms with van der Waals surface area (Å²) in [5.41, 5.74) is 0.0310. The number of halogens is 3. The van der Waals surface area contributed by atoms with Gasteiger partial charge in [-0.15, -0.1) is 11.3 Å². The van der Waals surface area contributed by atoms with E-state index in [2.05, 4.69) is 14.8 Å². The summed E-state index contributed by atoms with van der Waals surface area (Å²) in [6.07, 6.45) is 2.66. The van der Waals surface area contributed by atoms with Crippen LogP contribution >= 0.6 is 11.3 Å². The van der Waals surface area contributed by atoms with E-state index in [4.69, 9.17) is 14.3 Å². The topological polar surface area (TPSA) is 86.9 Å². The molecule has 0 atom stereocenters. The van der Waals surface area contributed by atoms with E-state index in [1.165, 1.54) is 5.01 Å². The second-order valence-corrected chi connectivity index (χ2v) is 8.25. The molecule has 2 aromatic heterocycles. The highest BCUT2D eigenvalue weighted by Crippen LogP contribution is 2.39. The second kappa shape index (κ2) is 9.17. The molecule has 0 radical (unpaired) electrons. The van der Waals surface area contributed by atoms with Gasteiger partial charge in [0.25, 0.3) is 5.91 Å². The number of amides is 1. The number of carbonyl (C=O) groups is 2. The van der Waals surface area contributed by atoms with Gasteiger partial charge in [-0.25, -0.2) is 9.78 Å². The van der Waals surface area contributed by atoms with Crippen molar-refractivity contribution >= 4 is 23.2 Å². The number of carboxylic acid groups (broad SMARTS) is 1. The lowest BCUT2D eigenvalue weighted by Crippen LogP contribution is -2.53. The number of alkyl halides is 3. The normalized spacial score (nSPS) is 18.8. The molecule has 1 N–H and O–H groups in total. The molecule has 11 heteroatoms. The predicted octanol–water partition coefficient (Wildman–Crippen LogP) is 3.64. The molecule has 0 saturated carbocycles. The van der Waals surface area contributed by atoms with Crippen LogP contribution in [0.5, 0.6) is 0 Å². The monoisotopic (exact) mass is 445 g/mol. The molecule has 0 bridgehead atoms. The number of furan rings is 1. The first-order valence-electron chi connectivity index (χ1n) is 9.48. The summed E-state index contributed by atoms with van der Waals surface area (Å²) in [7, 11) is 0. The number of likely N-dealkylation sites (tertiary alicyclic amines) is 2. The van der Waals surface area contributed by atoms with Gasteiger partial charge in [0.2, 0.25) is 0 Å². The SMILES string of the molecule is O=C(O)C(F)(F)F.O=C(c1ccco1)N1CCCC12CCN(Cc1nccs1)CC2. The minimum absolute atomic E-state index is 0.0310. The average molecular weight is 445 g/mol. The lowest BCUT2D eigenvalue weighted by molar-refractivity contribution is -0.192. The summed E-state index contributed by atoms with van der Waals surface area (Å²) in [4.78, 5) is 30.5. The van der Waals surface area contributed by atoms with E-state index < -0.39 is 12.1 Å². The third-order valence-corrected chi connectivity index (χ3v) is 6.21. The Morgan fingerprint density at radius 2 is 1.93 bits per heavy atom. The summed E-state index contributed by atoms with van der Waals surface area (Å²) in [6, 6.07) is 3.55. The van der Waals surface area contributed by atoms with Gasteiger partial charge in [-0.3, -0.25) is 9.69 Å². The molecule has 2 aliphatic heterocycles. The highest BCUT2D eigenvalue weighted by Gasteiger charge is 2.46. The quantitative estimate of drug-likeness (QED) is 0.776. The lowest BCUT2D eigenvalue weighted by Gasteiger charge is -2.44. The molecule has 0 aromatic carbocycles. The minimum Gasteiger partial charge on any atom is -0.475 e. The molecule has 4 heterocycles. The number of piperidine rings is 1. The molecule has 2 saturated heterocycles. The van der Waals surface area contributed by atoms with Crippen molar-refractivity contribution in [1.29, 1.82) is 0 Å². The van der Waals surface area contributed by atoms with Crippen molar-refractivity contribution in [2.75, 3.05) is 19.6 Å². The Labute approximate surface area is 175 Å². The summed E-state index contributed by atoms with van der Waals surface area (Å²) in [5.74, 6) is -2.23. The molecule has 164 valence electrons. The number of rotatable bonds is 3. The van der Waals surface area contributed by atoms with Crippen LogP contribution in [0.15, 0.2) is 34.4 Å². The molecule has 2 aromatic rings.